The average molecular weight is 252 g/mol. The Morgan fingerprint density at radius 1 is 1.32 bits per heavy atom. The Labute approximate surface area is 109 Å². The number of aryl methyl sites for hydroxylation is 1. The predicted molar refractivity (Wildman–Crippen MR) is 73.2 cm³/mol. The topological polar surface area (TPSA) is 66.0 Å². The fraction of sp³-hybridized carbons (Fsp3) is 0.0667. The number of H-pyrrole nitrogens is 1. The molecule has 0 unspecified atom stereocenters. The Morgan fingerprint density at radius 3 is 2.95 bits per heavy atom. The average Bonchev–Trinajstić information content (AvgIpc) is 2.81. The Kier molecular flexibility index (Phi) is 2.56. The van der Waals surface area contributed by atoms with Gasteiger partial charge in [-0.3, -0.25) is 4.98 Å². The molecule has 0 bridgehead atoms. The maximum Gasteiger partial charge on any atom is 0.337 e. The van der Waals surface area contributed by atoms with Gasteiger partial charge in [0.2, 0.25) is 0 Å². The Hall–Kier alpha value is -2.62. The zero-order valence-corrected chi connectivity index (χ0v) is 10.3. The summed E-state index contributed by atoms with van der Waals surface area (Å²) in [6.07, 6.45) is 3.41. The number of carboxylic acid groups (broad SMARTS) is 1. The van der Waals surface area contributed by atoms with E-state index in [9.17, 15) is 9.90 Å². The van der Waals surface area contributed by atoms with E-state index in [1.165, 1.54) is 0 Å². The van der Waals surface area contributed by atoms with E-state index in [4.69, 9.17) is 0 Å². The number of pyridine rings is 1. The van der Waals surface area contributed by atoms with Crippen LogP contribution < -0.4 is 0 Å². The number of benzene rings is 1. The number of carbonyl (C=O) groups is 1. The lowest BCUT2D eigenvalue weighted by Crippen LogP contribution is -2.00. The quantitative estimate of drug-likeness (QED) is 0.735. The third kappa shape index (κ3) is 1.87. The Morgan fingerprint density at radius 2 is 2.16 bits per heavy atom. The first-order valence-corrected chi connectivity index (χ1v) is 5.93. The molecule has 0 aliphatic rings. The van der Waals surface area contributed by atoms with Crippen LogP contribution in [0.2, 0.25) is 0 Å². The number of nitrogens with one attached hydrogen (secondary N) is 1. The van der Waals surface area contributed by atoms with Crippen LogP contribution in [0.3, 0.4) is 0 Å². The molecule has 0 amide bonds. The van der Waals surface area contributed by atoms with Crippen LogP contribution in [-0.2, 0) is 0 Å². The fourth-order valence-electron chi connectivity index (χ4n) is 2.22. The molecule has 0 aliphatic carbocycles. The van der Waals surface area contributed by atoms with Crippen molar-refractivity contribution in [1.29, 1.82) is 0 Å². The fourth-order valence-corrected chi connectivity index (χ4v) is 2.22. The number of carboxylic acids is 1. The monoisotopic (exact) mass is 252 g/mol. The highest BCUT2D eigenvalue weighted by molar-refractivity contribution is 6.02. The number of aromatic amines is 1. The minimum absolute atomic E-state index is 0.213. The van der Waals surface area contributed by atoms with Gasteiger partial charge in [0.1, 0.15) is 0 Å². The summed E-state index contributed by atoms with van der Waals surface area (Å²) in [6.45, 7) is 2.01. The van der Waals surface area contributed by atoms with Crippen LogP contribution >= 0.6 is 0 Å². The normalized spacial score (nSPS) is 10.8. The van der Waals surface area contributed by atoms with Gasteiger partial charge < -0.3 is 10.1 Å². The largest absolute Gasteiger partial charge is 0.478 e. The summed E-state index contributed by atoms with van der Waals surface area (Å²) in [5, 5.41) is 10.2. The van der Waals surface area contributed by atoms with E-state index in [1.54, 1.807) is 24.5 Å². The second-order valence-electron chi connectivity index (χ2n) is 4.46. The number of nitrogens with zero attached hydrogens (tertiary/aromatic N) is 1. The van der Waals surface area contributed by atoms with Gasteiger partial charge in [-0.05, 0) is 31.2 Å². The lowest BCUT2D eigenvalue weighted by Gasteiger charge is -2.03. The number of aromatic nitrogens is 2. The third-order valence-corrected chi connectivity index (χ3v) is 3.13. The van der Waals surface area contributed by atoms with Crippen LogP contribution in [0.1, 0.15) is 15.9 Å². The van der Waals surface area contributed by atoms with Crippen molar-refractivity contribution in [2.45, 2.75) is 6.92 Å². The van der Waals surface area contributed by atoms with Gasteiger partial charge in [0, 0.05) is 28.9 Å². The molecule has 0 atom stereocenters. The Bertz CT molecular complexity index is 775. The van der Waals surface area contributed by atoms with E-state index in [-0.39, 0.29) is 5.56 Å². The van der Waals surface area contributed by atoms with Gasteiger partial charge in [-0.15, -0.1) is 0 Å². The first kappa shape index (κ1) is 11.5. The highest BCUT2D eigenvalue weighted by atomic mass is 16.4. The zero-order valence-electron chi connectivity index (χ0n) is 10.3. The summed E-state index contributed by atoms with van der Waals surface area (Å²) in [5.41, 5.74) is 3.62. The molecular weight excluding hydrogens is 240 g/mol. The minimum atomic E-state index is -0.967. The molecule has 0 fully saturated rings. The standard InChI is InChI=1S/C15H12N2O2/c1-9-4-5-13-11(7-9)12(8-17-13)14-10(15(18)19)3-2-6-16-14/h2-8,17H,1H3,(H,18,19). The highest BCUT2D eigenvalue weighted by Gasteiger charge is 2.15. The molecule has 0 saturated carbocycles. The first-order valence-electron chi connectivity index (χ1n) is 5.93. The third-order valence-electron chi connectivity index (χ3n) is 3.13. The van der Waals surface area contributed by atoms with E-state index in [0.29, 0.717) is 5.69 Å². The molecule has 1 aromatic carbocycles. The SMILES string of the molecule is Cc1ccc2[nH]cc(-c3ncccc3C(=O)O)c2c1. The van der Waals surface area contributed by atoms with Gasteiger partial charge in [-0.1, -0.05) is 11.6 Å². The van der Waals surface area contributed by atoms with Crippen molar-refractivity contribution < 1.29 is 9.90 Å². The molecule has 2 N–H and O–H groups in total. The van der Waals surface area contributed by atoms with E-state index in [0.717, 1.165) is 22.0 Å². The molecular formula is C15H12N2O2. The van der Waals surface area contributed by atoms with Crippen molar-refractivity contribution in [3.05, 3.63) is 53.9 Å². The van der Waals surface area contributed by atoms with E-state index in [1.807, 2.05) is 25.1 Å². The van der Waals surface area contributed by atoms with E-state index < -0.39 is 5.97 Å². The van der Waals surface area contributed by atoms with Crippen molar-refractivity contribution in [3.63, 3.8) is 0 Å². The molecule has 2 aromatic heterocycles. The maximum absolute atomic E-state index is 11.3. The second-order valence-corrected chi connectivity index (χ2v) is 4.46. The summed E-state index contributed by atoms with van der Waals surface area (Å²) < 4.78 is 0. The van der Waals surface area contributed by atoms with Crippen molar-refractivity contribution in [3.8, 4) is 11.3 Å². The molecule has 3 aromatic rings. The minimum Gasteiger partial charge on any atom is -0.478 e. The lowest BCUT2D eigenvalue weighted by atomic mass is 10.0. The van der Waals surface area contributed by atoms with Crippen molar-refractivity contribution in [2.75, 3.05) is 0 Å². The van der Waals surface area contributed by atoms with Gasteiger partial charge in [-0.2, -0.15) is 0 Å². The number of hydrogen-bond acceptors (Lipinski definition) is 2. The molecule has 0 saturated heterocycles. The molecule has 4 heteroatoms. The Balaban J connectivity index is 2.31. The summed E-state index contributed by atoms with van der Waals surface area (Å²) in [5.74, 6) is -0.967. The van der Waals surface area contributed by atoms with Crippen molar-refractivity contribution >= 4 is 16.9 Å². The van der Waals surface area contributed by atoms with Crippen molar-refractivity contribution in [2.24, 2.45) is 0 Å². The van der Waals surface area contributed by atoms with Crippen LogP contribution in [0.5, 0.6) is 0 Å². The van der Waals surface area contributed by atoms with Gasteiger partial charge in [0.25, 0.3) is 0 Å². The van der Waals surface area contributed by atoms with E-state index in [2.05, 4.69) is 9.97 Å². The van der Waals surface area contributed by atoms with Crippen LogP contribution in [0.4, 0.5) is 0 Å². The van der Waals surface area contributed by atoms with Gasteiger partial charge in [0.05, 0.1) is 11.3 Å². The van der Waals surface area contributed by atoms with Crippen LogP contribution in [0.25, 0.3) is 22.2 Å². The van der Waals surface area contributed by atoms with E-state index >= 15 is 0 Å². The van der Waals surface area contributed by atoms with Gasteiger partial charge in [0.15, 0.2) is 0 Å². The molecule has 0 spiro atoms. The number of rotatable bonds is 2. The molecule has 94 valence electrons. The molecule has 19 heavy (non-hydrogen) atoms. The van der Waals surface area contributed by atoms with Gasteiger partial charge >= 0.3 is 5.97 Å². The van der Waals surface area contributed by atoms with Crippen LogP contribution in [0, 0.1) is 6.92 Å². The van der Waals surface area contributed by atoms with Crippen LogP contribution in [0.15, 0.2) is 42.7 Å². The number of fused-ring (bicyclic) bond motifs is 1. The summed E-state index contributed by atoms with van der Waals surface area (Å²) in [7, 11) is 0. The lowest BCUT2D eigenvalue weighted by molar-refractivity contribution is 0.0697. The molecule has 4 nitrogen and oxygen atoms in total. The molecule has 0 aliphatic heterocycles. The zero-order chi connectivity index (χ0) is 13.4. The van der Waals surface area contributed by atoms with Crippen molar-refractivity contribution in [1.82, 2.24) is 9.97 Å². The highest BCUT2D eigenvalue weighted by Crippen LogP contribution is 2.30. The molecule has 0 radical (unpaired) electrons. The van der Waals surface area contributed by atoms with Crippen LogP contribution in [-0.4, -0.2) is 21.0 Å². The predicted octanol–water partition coefficient (Wildman–Crippen LogP) is 3.24. The summed E-state index contributed by atoms with van der Waals surface area (Å²) >= 11 is 0. The second kappa shape index (κ2) is 4.24. The summed E-state index contributed by atoms with van der Waals surface area (Å²) in [6, 6.07) is 9.23. The number of aromatic carboxylic acids is 1. The number of hydrogen-bond donors (Lipinski definition) is 2. The maximum atomic E-state index is 11.3. The molecule has 3 rings (SSSR count). The van der Waals surface area contributed by atoms with Gasteiger partial charge in [-0.25, -0.2) is 4.79 Å². The smallest absolute Gasteiger partial charge is 0.337 e. The molecule has 2 heterocycles. The summed E-state index contributed by atoms with van der Waals surface area (Å²) in [4.78, 5) is 18.6. The first-order chi connectivity index (χ1) is 9.16.